The highest BCUT2D eigenvalue weighted by Gasteiger charge is 2.45. The fourth-order valence-electron chi connectivity index (χ4n) is 2.53. The van der Waals surface area contributed by atoms with E-state index in [0.717, 1.165) is 18.8 Å². The second kappa shape index (κ2) is 3.34. The predicted molar refractivity (Wildman–Crippen MR) is 61.6 cm³/mol. The van der Waals surface area contributed by atoms with Crippen LogP contribution in [0.25, 0.3) is 0 Å². The van der Waals surface area contributed by atoms with Crippen molar-refractivity contribution in [3.8, 4) is 0 Å². The van der Waals surface area contributed by atoms with Crippen molar-refractivity contribution in [3.05, 3.63) is 35.4 Å². The van der Waals surface area contributed by atoms with E-state index in [2.05, 4.69) is 24.3 Å². The van der Waals surface area contributed by atoms with E-state index in [4.69, 9.17) is 5.11 Å². The molecule has 0 unspecified atom stereocenters. The molecule has 0 radical (unpaired) electrons. The molecule has 2 nitrogen and oxygen atoms in total. The monoisotopic (exact) mass is 216 g/mol. The minimum absolute atomic E-state index is 0.0338. The molecule has 1 N–H and O–H groups in total. The van der Waals surface area contributed by atoms with E-state index in [1.165, 1.54) is 24.0 Å². The van der Waals surface area contributed by atoms with Gasteiger partial charge in [0.2, 0.25) is 0 Å². The molecule has 1 aromatic carbocycles. The molecular formula is C14H16O2. The first-order valence-corrected chi connectivity index (χ1v) is 6.02. The van der Waals surface area contributed by atoms with Crippen molar-refractivity contribution in [3.63, 3.8) is 0 Å². The van der Waals surface area contributed by atoms with E-state index in [0.29, 0.717) is 0 Å². The Morgan fingerprint density at radius 3 is 2.31 bits per heavy atom. The lowest BCUT2D eigenvalue weighted by molar-refractivity contribution is -0.137. The lowest BCUT2D eigenvalue weighted by Gasteiger charge is -2.13. The Morgan fingerprint density at radius 2 is 1.88 bits per heavy atom. The molecule has 0 aromatic heterocycles. The molecule has 0 heterocycles. The third-order valence-corrected chi connectivity index (χ3v) is 3.91. The maximum atomic E-state index is 10.8. The molecule has 1 aromatic rings. The van der Waals surface area contributed by atoms with E-state index in [-0.39, 0.29) is 11.8 Å². The number of aliphatic carboxylic acids is 1. The first-order valence-electron chi connectivity index (χ1n) is 6.02. The van der Waals surface area contributed by atoms with Crippen LogP contribution in [0.3, 0.4) is 0 Å². The van der Waals surface area contributed by atoms with Crippen LogP contribution in [0.4, 0.5) is 0 Å². The van der Waals surface area contributed by atoms with Crippen LogP contribution in [0.5, 0.6) is 0 Å². The highest BCUT2D eigenvalue weighted by atomic mass is 16.4. The van der Waals surface area contributed by atoms with Gasteiger partial charge in [0.1, 0.15) is 0 Å². The lowest BCUT2D eigenvalue weighted by Crippen LogP contribution is -2.12. The Bertz CT molecular complexity index is 411. The largest absolute Gasteiger partial charge is 0.481 e. The van der Waals surface area contributed by atoms with Crippen molar-refractivity contribution in [2.24, 2.45) is 0 Å². The average Bonchev–Trinajstić information content (AvgIpc) is 3.12. The van der Waals surface area contributed by atoms with Crippen LogP contribution in [-0.2, 0) is 10.2 Å². The molecule has 0 bridgehead atoms. The van der Waals surface area contributed by atoms with Crippen LogP contribution >= 0.6 is 0 Å². The summed E-state index contributed by atoms with van der Waals surface area (Å²) in [5.74, 6) is 0.104. The number of hydrogen-bond acceptors (Lipinski definition) is 1. The minimum Gasteiger partial charge on any atom is -0.481 e. The zero-order valence-corrected chi connectivity index (χ0v) is 9.28. The van der Waals surface area contributed by atoms with Gasteiger partial charge in [-0.2, -0.15) is 0 Å². The van der Waals surface area contributed by atoms with Gasteiger partial charge in [-0.25, -0.2) is 0 Å². The molecule has 2 aliphatic rings. The Labute approximate surface area is 95.3 Å². The van der Waals surface area contributed by atoms with Crippen molar-refractivity contribution < 1.29 is 9.90 Å². The molecule has 2 fully saturated rings. The van der Waals surface area contributed by atoms with E-state index in [9.17, 15) is 4.79 Å². The Balaban J connectivity index is 1.81. The fourth-order valence-corrected chi connectivity index (χ4v) is 2.53. The van der Waals surface area contributed by atoms with Gasteiger partial charge in [0.25, 0.3) is 0 Å². The number of carboxylic acid groups (broad SMARTS) is 1. The average molecular weight is 216 g/mol. The van der Waals surface area contributed by atoms with Crippen LogP contribution < -0.4 is 0 Å². The summed E-state index contributed by atoms with van der Waals surface area (Å²) in [6, 6.07) is 8.66. The van der Waals surface area contributed by atoms with Gasteiger partial charge >= 0.3 is 5.97 Å². The second-order valence-electron chi connectivity index (χ2n) is 5.25. The Hall–Kier alpha value is -1.31. The standard InChI is InChI=1S/C14H16O2/c15-13(16)9-14(7-8-14)12-5-3-11(4-6-12)10-1-2-10/h3-6,10H,1-2,7-9H2,(H,15,16). The van der Waals surface area contributed by atoms with Crippen LogP contribution in [0, 0.1) is 0 Å². The van der Waals surface area contributed by atoms with Gasteiger partial charge in [-0.3, -0.25) is 4.79 Å². The van der Waals surface area contributed by atoms with E-state index >= 15 is 0 Å². The SMILES string of the molecule is O=C(O)CC1(c2ccc(C3CC3)cc2)CC1. The maximum Gasteiger partial charge on any atom is 0.304 e. The zero-order chi connectivity index (χ0) is 11.2. The van der Waals surface area contributed by atoms with E-state index < -0.39 is 5.97 Å². The number of benzene rings is 1. The van der Waals surface area contributed by atoms with Gasteiger partial charge in [-0.15, -0.1) is 0 Å². The maximum absolute atomic E-state index is 10.8. The van der Waals surface area contributed by atoms with E-state index in [1.807, 2.05) is 0 Å². The number of hydrogen-bond donors (Lipinski definition) is 1. The van der Waals surface area contributed by atoms with E-state index in [1.54, 1.807) is 0 Å². The first-order chi connectivity index (χ1) is 7.70. The van der Waals surface area contributed by atoms with Crippen LogP contribution in [-0.4, -0.2) is 11.1 Å². The minimum atomic E-state index is -0.677. The van der Waals surface area contributed by atoms with Crippen LogP contribution in [0.15, 0.2) is 24.3 Å². The molecule has 0 amide bonds. The van der Waals surface area contributed by atoms with Gasteiger partial charge in [0.05, 0.1) is 6.42 Å². The molecule has 0 aliphatic heterocycles. The van der Waals surface area contributed by atoms with Crippen LogP contribution in [0.1, 0.15) is 49.1 Å². The summed E-state index contributed by atoms with van der Waals surface area (Å²) in [4.78, 5) is 10.8. The highest BCUT2D eigenvalue weighted by molar-refractivity contribution is 5.70. The Kier molecular flexibility index (Phi) is 2.06. The predicted octanol–water partition coefficient (Wildman–Crippen LogP) is 3.07. The summed E-state index contributed by atoms with van der Waals surface area (Å²) in [7, 11) is 0. The van der Waals surface area contributed by atoms with Gasteiger partial charge < -0.3 is 5.11 Å². The summed E-state index contributed by atoms with van der Waals surface area (Å²) >= 11 is 0. The summed E-state index contributed by atoms with van der Waals surface area (Å²) < 4.78 is 0. The molecular weight excluding hydrogens is 200 g/mol. The summed E-state index contributed by atoms with van der Waals surface area (Å²) in [6.45, 7) is 0. The molecule has 0 saturated heterocycles. The molecule has 2 saturated carbocycles. The van der Waals surface area contributed by atoms with Gasteiger partial charge in [0.15, 0.2) is 0 Å². The molecule has 2 aliphatic carbocycles. The summed E-state index contributed by atoms with van der Waals surface area (Å²) in [6.07, 6.45) is 4.99. The molecule has 0 spiro atoms. The highest BCUT2D eigenvalue weighted by Crippen LogP contribution is 2.51. The fraction of sp³-hybridized carbons (Fsp3) is 0.500. The molecule has 84 valence electrons. The topological polar surface area (TPSA) is 37.3 Å². The van der Waals surface area contributed by atoms with Crippen LogP contribution in [0.2, 0.25) is 0 Å². The second-order valence-corrected chi connectivity index (χ2v) is 5.25. The molecule has 0 atom stereocenters. The summed E-state index contributed by atoms with van der Waals surface area (Å²) in [5.41, 5.74) is 2.61. The van der Waals surface area contributed by atoms with Gasteiger partial charge in [-0.1, -0.05) is 24.3 Å². The number of carboxylic acids is 1. The smallest absolute Gasteiger partial charge is 0.304 e. The molecule has 16 heavy (non-hydrogen) atoms. The quantitative estimate of drug-likeness (QED) is 0.839. The third-order valence-electron chi connectivity index (χ3n) is 3.91. The lowest BCUT2D eigenvalue weighted by atomic mass is 9.91. The third kappa shape index (κ3) is 1.73. The molecule has 2 heteroatoms. The normalized spacial score (nSPS) is 21.8. The van der Waals surface area contributed by atoms with Gasteiger partial charge in [0, 0.05) is 5.41 Å². The van der Waals surface area contributed by atoms with Gasteiger partial charge in [-0.05, 0) is 42.7 Å². The first kappa shape index (κ1) is 9.88. The van der Waals surface area contributed by atoms with Crippen molar-refractivity contribution in [2.45, 2.75) is 43.4 Å². The number of rotatable bonds is 4. The number of carbonyl (C=O) groups is 1. The molecule has 3 rings (SSSR count). The zero-order valence-electron chi connectivity index (χ0n) is 9.28. The Morgan fingerprint density at radius 1 is 1.25 bits per heavy atom. The van der Waals surface area contributed by atoms with Crippen molar-refractivity contribution in [1.82, 2.24) is 0 Å². The summed E-state index contributed by atoms with van der Waals surface area (Å²) in [5, 5.41) is 8.90. The van der Waals surface area contributed by atoms with Crippen molar-refractivity contribution in [2.75, 3.05) is 0 Å². The van der Waals surface area contributed by atoms with Crippen molar-refractivity contribution in [1.29, 1.82) is 0 Å². The van der Waals surface area contributed by atoms with Crippen molar-refractivity contribution >= 4 is 5.97 Å².